The van der Waals surface area contributed by atoms with E-state index in [-0.39, 0.29) is 5.91 Å². The van der Waals surface area contributed by atoms with E-state index in [4.69, 9.17) is 4.74 Å². The summed E-state index contributed by atoms with van der Waals surface area (Å²) in [5.74, 6) is 2.78. The molecule has 2 aliphatic heterocycles. The number of anilines is 2. The van der Waals surface area contributed by atoms with Crippen LogP contribution >= 0.6 is 0 Å². The van der Waals surface area contributed by atoms with Crippen molar-refractivity contribution in [1.29, 1.82) is 0 Å². The minimum absolute atomic E-state index is 0.0681. The van der Waals surface area contributed by atoms with Gasteiger partial charge in [-0.2, -0.15) is 0 Å². The molecule has 0 aliphatic carbocycles. The van der Waals surface area contributed by atoms with E-state index in [1.165, 1.54) is 0 Å². The second kappa shape index (κ2) is 9.30. The number of piperazine rings is 2. The lowest BCUT2D eigenvalue weighted by molar-refractivity contribution is 0.0746. The van der Waals surface area contributed by atoms with Crippen molar-refractivity contribution in [2.24, 2.45) is 0 Å². The zero-order valence-corrected chi connectivity index (χ0v) is 17.8. The number of carbonyl (C=O) groups is 1. The molecule has 1 aromatic heterocycles. The number of hydrogen-bond acceptors (Lipinski definition) is 7. The Labute approximate surface area is 178 Å². The molecule has 0 bridgehead atoms. The number of likely N-dealkylation sites (N-methyl/N-ethyl adjacent to an activating group) is 1. The number of ether oxygens (including phenoxy) is 1. The van der Waals surface area contributed by atoms with Gasteiger partial charge in [0.15, 0.2) is 0 Å². The molecule has 30 heavy (non-hydrogen) atoms. The molecular weight excluding hydrogens is 380 g/mol. The molecule has 0 radical (unpaired) electrons. The van der Waals surface area contributed by atoms with Crippen LogP contribution in [0.1, 0.15) is 17.3 Å². The average molecular weight is 411 g/mol. The van der Waals surface area contributed by atoms with E-state index < -0.39 is 0 Å². The summed E-state index contributed by atoms with van der Waals surface area (Å²) >= 11 is 0. The number of hydrogen-bond donors (Lipinski definition) is 0. The highest BCUT2D eigenvalue weighted by Gasteiger charge is 2.24. The maximum absolute atomic E-state index is 12.8. The van der Waals surface area contributed by atoms with Crippen LogP contribution in [0.25, 0.3) is 0 Å². The van der Waals surface area contributed by atoms with E-state index in [0.717, 1.165) is 56.7 Å². The first-order valence-corrected chi connectivity index (χ1v) is 10.7. The number of carbonyl (C=O) groups excluding carboxylic acids is 1. The third kappa shape index (κ3) is 4.64. The Morgan fingerprint density at radius 3 is 2.03 bits per heavy atom. The van der Waals surface area contributed by atoms with Crippen LogP contribution in [0.4, 0.5) is 11.6 Å². The van der Waals surface area contributed by atoms with Gasteiger partial charge in [-0.3, -0.25) is 4.79 Å². The predicted octanol–water partition coefficient (Wildman–Crippen LogP) is 1.59. The van der Waals surface area contributed by atoms with Crippen LogP contribution in [0.3, 0.4) is 0 Å². The summed E-state index contributed by atoms with van der Waals surface area (Å²) in [6, 6.07) is 9.47. The van der Waals surface area contributed by atoms with Crippen LogP contribution < -0.4 is 14.5 Å². The molecule has 2 fully saturated rings. The smallest absolute Gasteiger partial charge is 0.253 e. The van der Waals surface area contributed by atoms with Crippen LogP contribution in [-0.2, 0) is 0 Å². The summed E-state index contributed by atoms with van der Waals surface area (Å²) in [4.78, 5) is 30.6. The highest BCUT2D eigenvalue weighted by atomic mass is 16.5. The molecule has 2 aromatic rings. The van der Waals surface area contributed by atoms with Gasteiger partial charge in [0.2, 0.25) is 0 Å². The molecule has 0 unspecified atom stereocenters. The first kappa shape index (κ1) is 20.4. The highest BCUT2D eigenvalue weighted by Crippen LogP contribution is 2.21. The molecule has 1 aromatic carbocycles. The van der Waals surface area contributed by atoms with Crippen molar-refractivity contribution < 1.29 is 9.53 Å². The third-order valence-electron chi connectivity index (χ3n) is 5.77. The molecule has 8 heteroatoms. The summed E-state index contributed by atoms with van der Waals surface area (Å²) in [5, 5.41) is 0. The summed E-state index contributed by atoms with van der Waals surface area (Å²) in [6.07, 6.45) is 1.65. The van der Waals surface area contributed by atoms with Gasteiger partial charge in [-0.25, -0.2) is 9.97 Å². The van der Waals surface area contributed by atoms with E-state index in [1.54, 1.807) is 6.33 Å². The minimum Gasteiger partial charge on any atom is -0.494 e. The van der Waals surface area contributed by atoms with Gasteiger partial charge in [0.25, 0.3) is 5.91 Å². The number of amides is 1. The molecule has 3 heterocycles. The SMILES string of the molecule is CCOc1ccc(C(=O)N2CCN(c3cc(N4CCN(C)CC4)ncn3)CC2)cc1. The van der Waals surface area contributed by atoms with Crippen LogP contribution in [0.2, 0.25) is 0 Å². The lowest BCUT2D eigenvalue weighted by Gasteiger charge is -2.36. The topological polar surface area (TPSA) is 65.0 Å². The van der Waals surface area contributed by atoms with Crippen LogP contribution in [-0.4, -0.2) is 91.7 Å². The summed E-state index contributed by atoms with van der Waals surface area (Å²) in [5.41, 5.74) is 0.700. The van der Waals surface area contributed by atoms with Gasteiger partial charge in [-0.15, -0.1) is 0 Å². The lowest BCUT2D eigenvalue weighted by atomic mass is 10.1. The molecule has 1 amide bonds. The molecule has 0 N–H and O–H groups in total. The minimum atomic E-state index is 0.0681. The number of benzene rings is 1. The van der Waals surface area contributed by atoms with Gasteiger partial charge in [-0.1, -0.05) is 0 Å². The first-order valence-electron chi connectivity index (χ1n) is 10.7. The molecule has 160 valence electrons. The average Bonchev–Trinajstić information content (AvgIpc) is 2.80. The Morgan fingerprint density at radius 2 is 1.47 bits per heavy atom. The quantitative estimate of drug-likeness (QED) is 0.742. The molecule has 0 saturated carbocycles. The van der Waals surface area contributed by atoms with Crippen molar-refractivity contribution in [1.82, 2.24) is 19.8 Å². The van der Waals surface area contributed by atoms with Gasteiger partial charge >= 0.3 is 0 Å². The van der Waals surface area contributed by atoms with Crippen molar-refractivity contribution >= 4 is 17.5 Å². The van der Waals surface area contributed by atoms with Crippen molar-refractivity contribution in [3.8, 4) is 5.75 Å². The predicted molar refractivity (Wildman–Crippen MR) is 117 cm³/mol. The van der Waals surface area contributed by atoms with Crippen molar-refractivity contribution in [3.63, 3.8) is 0 Å². The Bertz CT molecular complexity index is 843. The number of nitrogens with zero attached hydrogens (tertiary/aromatic N) is 6. The zero-order chi connectivity index (χ0) is 20.9. The van der Waals surface area contributed by atoms with E-state index in [1.807, 2.05) is 36.1 Å². The molecule has 2 saturated heterocycles. The Balaban J connectivity index is 1.35. The fourth-order valence-electron chi connectivity index (χ4n) is 3.90. The van der Waals surface area contributed by atoms with E-state index >= 15 is 0 Å². The second-order valence-corrected chi connectivity index (χ2v) is 7.76. The fourth-order valence-corrected chi connectivity index (χ4v) is 3.90. The molecule has 4 rings (SSSR count). The van der Waals surface area contributed by atoms with Crippen LogP contribution in [0, 0.1) is 0 Å². The Kier molecular flexibility index (Phi) is 6.32. The Morgan fingerprint density at radius 1 is 0.900 bits per heavy atom. The van der Waals surface area contributed by atoms with Crippen molar-refractivity contribution in [3.05, 3.63) is 42.2 Å². The molecule has 0 atom stereocenters. The lowest BCUT2D eigenvalue weighted by Crippen LogP contribution is -2.49. The van der Waals surface area contributed by atoms with Crippen molar-refractivity contribution in [2.75, 3.05) is 75.8 Å². The van der Waals surface area contributed by atoms with Crippen LogP contribution in [0.15, 0.2) is 36.7 Å². The van der Waals surface area contributed by atoms with Gasteiger partial charge < -0.3 is 24.3 Å². The Hall–Kier alpha value is -2.87. The molecule has 0 spiro atoms. The third-order valence-corrected chi connectivity index (χ3v) is 5.77. The van der Waals surface area contributed by atoms with Gasteiger partial charge in [0, 0.05) is 64.0 Å². The number of rotatable bonds is 5. The fraction of sp³-hybridized carbons (Fsp3) is 0.500. The van der Waals surface area contributed by atoms with Gasteiger partial charge in [-0.05, 0) is 38.2 Å². The van der Waals surface area contributed by atoms with Gasteiger partial charge in [0.05, 0.1) is 6.61 Å². The molecule has 2 aliphatic rings. The maximum Gasteiger partial charge on any atom is 0.253 e. The second-order valence-electron chi connectivity index (χ2n) is 7.76. The zero-order valence-electron chi connectivity index (χ0n) is 17.8. The molecule has 8 nitrogen and oxygen atoms in total. The summed E-state index contributed by atoms with van der Waals surface area (Å²) in [7, 11) is 2.15. The summed E-state index contributed by atoms with van der Waals surface area (Å²) < 4.78 is 5.46. The maximum atomic E-state index is 12.8. The standard InChI is InChI=1S/C22H30N6O2/c1-3-30-19-6-4-18(5-7-19)22(29)28-14-12-27(13-15-28)21-16-20(23-17-24-21)26-10-8-25(2)9-11-26/h4-7,16-17H,3,8-15H2,1-2H3. The first-order chi connectivity index (χ1) is 14.6. The monoisotopic (exact) mass is 410 g/mol. The highest BCUT2D eigenvalue weighted by molar-refractivity contribution is 5.94. The largest absolute Gasteiger partial charge is 0.494 e. The van der Waals surface area contributed by atoms with Crippen LogP contribution in [0.5, 0.6) is 5.75 Å². The normalized spacial score (nSPS) is 17.9. The molecular formula is C22H30N6O2. The van der Waals surface area contributed by atoms with E-state index in [0.29, 0.717) is 25.3 Å². The van der Waals surface area contributed by atoms with E-state index in [9.17, 15) is 4.79 Å². The summed E-state index contributed by atoms with van der Waals surface area (Å²) in [6.45, 7) is 9.52. The van der Waals surface area contributed by atoms with Gasteiger partial charge in [0.1, 0.15) is 23.7 Å². The van der Waals surface area contributed by atoms with E-state index in [2.05, 4.69) is 37.8 Å². The number of aromatic nitrogens is 2. The van der Waals surface area contributed by atoms with Crippen molar-refractivity contribution in [2.45, 2.75) is 6.92 Å².